The van der Waals surface area contributed by atoms with E-state index < -0.39 is 10.0 Å². The molecule has 2 rings (SSSR count). The summed E-state index contributed by atoms with van der Waals surface area (Å²) < 4.78 is 35.5. The third-order valence-corrected chi connectivity index (χ3v) is 4.60. The number of hydrogen-bond donors (Lipinski definition) is 1. The number of rotatable bonds is 3. The second-order valence-electron chi connectivity index (χ2n) is 3.18. The lowest BCUT2D eigenvalue weighted by Gasteiger charge is -2.19. The normalized spacial score (nSPS) is 14.6. The summed E-state index contributed by atoms with van der Waals surface area (Å²) in [7, 11) is -3.33. The Morgan fingerprint density at radius 2 is 1.94 bits per heavy atom. The van der Waals surface area contributed by atoms with Crippen molar-refractivity contribution in [2.75, 3.05) is 22.6 Å². The highest BCUT2D eigenvalue weighted by atomic mass is 79.9. The molecule has 0 fully saturated rings. The van der Waals surface area contributed by atoms with E-state index in [0.717, 1.165) is 0 Å². The Labute approximate surface area is 102 Å². The molecule has 0 saturated carbocycles. The molecular weight excluding hydrogens is 298 g/mol. The molecule has 16 heavy (non-hydrogen) atoms. The summed E-state index contributed by atoms with van der Waals surface area (Å²) in [6.07, 6.45) is 0. The fourth-order valence-corrected chi connectivity index (χ4v) is 2.20. The zero-order chi connectivity index (χ0) is 11.6. The van der Waals surface area contributed by atoms with Gasteiger partial charge >= 0.3 is 0 Å². The van der Waals surface area contributed by atoms with Crippen molar-refractivity contribution >= 4 is 31.6 Å². The molecule has 0 aromatic heterocycles. The van der Waals surface area contributed by atoms with E-state index in [0.29, 0.717) is 30.4 Å². The maximum absolute atomic E-state index is 11.3. The number of alkyl halides is 1. The fourth-order valence-electron chi connectivity index (χ4n) is 1.31. The smallest absolute Gasteiger partial charge is 0.242 e. The topological polar surface area (TPSA) is 64.6 Å². The molecule has 1 N–H and O–H groups in total. The van der Waals surface area contributed by atoms with E-state index in [-0.39, 0.29) is 4.66 Å². The van der Waals surface area contributed by atoms with E-state index in [2.05, 4.69) is 20.7 Å². The maximum Gasteiger partial charge on any atom is 0.242 e. The first-order valence-electron chi connectivity index (χ1n) is 4.57. The molecule has 5 nitrogen and oxygen atoms in total. The van der Waals surface area contributed by atoms with Crippen molar-refractivity contribution in [1.82, 2.24) is 0 Å². The van der Waals surface area contributed by atoms with Gasteiger partial charge in [0, 0.05) is 6.07 Å². The molecule has 1 heterocycles. The molecule has 0 unspecified atom stereocenters. The van der Waals surface area contributed by atoms with Crippen molar-refractivity contribution in [2.45, 2.75) is 0 Å². The minimum atomic E-state index is -3.33. The minimum Gasteiger partial charge on any atom is -0.486 e. The van der Waals surface area contributed by atoms with Gasteiger partial charge in [-0.25, -0.2) is 8.42 Å². The zero-order valence-electron chi connectivity index (χ0n) is 8.27. The van der Waals surface area contributed by atoms with Gasteiger partial charge in [-0.05, 0) is 12.1 Å². The van der Waals surface area contributed by atoms with E-state index in [1.165, 1.54) is 0 Å². The van der Waals surface area contributed by atoms with Gasteiger partial charge in [-0.1, -0.05) is 15.9 Å². The van der Waals surface area contributed by atoms with Crippen molar-refractivity contribution in [3.05, 3.63) is 18.2 Å². The summed E-state index contributed by atoms with van der Waals surface area (Å²) in [4.78, 5) is 0. The summed E-state index contributed by atoms with van der Waals surface area (Å²) in [6.45, 7) is 0.987. The molecule has 0 saturated heterocycles. The van der Waals surface area contributed by atoms with Gasteiger partial charge in [0.2, 0.25) is 10.0 Å². The molecule has 1 aromatic rings. The zero-order valence-corrected chi connectivity index (χ0v) is 10.7. The quantitative estimate of drug-likeness (QED) is 0.861. The van der Waals surface area contributed by atoms with Gasteiger partial charge in [-0.2, -0.15) is 0 Å². The summed E-state index contributed by atoms with van der Waals surface area (Å²) in [5.41, 5.74) is 0.462. The number of halogens is 1. The number of sulfonamides is 1. The third kappa shape index (κ3) is 2.59. The predicted octanol–water partition coefficient (Wildman–Crippen LogP) is 1.55. The molecule has 0 spiro atoms. The number of nitrogens with one attached hydrogen (secondary N) is 1. The molecule has 1 aromatic carbocycles. The lowest BCUT2D eigenvalue weighted by atomic mass is 10.3. The van der Waals surface area contributed by atoms with Gasteiger partial charge < -0.3 is 9.47 Å². The van der Waals surface area contributed by atoms with Crippen molar-refractivity contribution in [2.24, 2.45) is 0 Å². The van der Waals surface area contributed by atoms with Crippen LogP contribution in [0.3, 0.4) is 0 Å². The van der Waals surface area contributed by atoms with Gasteiger partial charge in [0.15, 0.2) is 11.5 Å². The first kappa shape index (κ1) is 11.5. The van der Waals surface area contributed by atoms with E-state index in [1.807, 2.05) is 0 Å². The van der Waals surface area contributed by atoms with Crippen LogP contribution in [-0.2, 0) is 10.0 Å². The van der Waals surface area contributed by atoms with Crippen LogP contribution in [0.4, 0.5) is 5.69 Å². The van der Waals surface area contributed by atoms with Gasteiger partial charge in [-0.3, -0.25) is 4.72 Å². The van der Waals surface area contributed by atoms with Gasteiger partial charge in [0.25, 0.3) is 0 Å². The van der Waals surface area contributed by atoms with Crippen LogP contribution < -0.4 is 14.2 Å². The lowest BCUT2D eigenvalue weighted by molar-refractivity contribution is 0.171. The largest absolute Gasteiger partial charge is 0.486 e. The standard InChI is InChI=1S/C9H10BrNO4S/c10-6-16(12,13)11-7-1-2-8-9(5-7)15-4-3-14-8/h1-2,5,11H,3-4,6H2. The van der Waals surface area contributed by atoms with E-state index in [1.54, 1.807) is 18.2 Å². The predicted molar refractivity (Wildman–Crippen MR) is 63.8 cm³/mol. The van der Waals surface area contributed by atoms with E-state index >= 15 is 0 Å². The highest BCUT2D eigenvalue weighted by Crippen LogP contribution is 2.32. The fraction of sp³-hybridized carbons (Fsp3) is 0.333. The Bertz CT molecular complexity index is 488. The van der Waals surface area contributed by atoms with Crippen LogP contribution in [0.1, 0.15) is 0 Å². The highest BCUT2D eigenvalue weighted by molar-refractivity contribution is 9.10. The van der Waals surface area contributed by atoms with Crippen molar-refractivity contribution in [3.8, 4) is 11.5 Å². The van der Waals surface area contributed by atoms with Crippen LogP contribution in [0.5, 0.6) is 11.5 Å². The van der Waals surface area contributed by atoms with Gasteiger partial charge in [0.05, 0.1) is 5.69 Å². The molecule has 0 bridgehead atoms. The summed E-state index contributed by atoms with van der Waals surface area (Å²) in [6, 6.07) is 4.92. The average Bonchev–Trinajstić information content (AvgIpc) is 2.28. The van der Waals surface area contributed by atoms with E-state index in [4.69, 9.17) is 9.47 Å². The molecule has 0 atom stereocenters. The molecule has 0 aliphatic carbocycles. The van der Waals surface area contributed by atoms with Crippen molar-refractivity contribution in [3.63, 3.8) is 0 Å². The Morgan fingerprint density at radius 3 is 2.62 bits per heavy atom. The Kier molecular flexibility index (Phi) is 3.25. The number of anilines is 1. The highest BCUT2D eigenvalue weighted by Gasteiger charge is 2.14. The van der Waals surface area contributed by atoms with Crippen LogP contribution in [0.15, 0.2) is 18.2 Å². The van der Waals surface area contributed by atoms with Crippen LogP contribution in [0.25, 0.3) is 0 Å². The second-order valence-corrected chi connectivity index (χ2v) is 6.21. The molecule has 1 aliphatic heterocycles. The number of hydrogen-bond acceptors (Lipinski definition) is 4. The summed E-state index contributed by atoms with van der Waals surface area (Å²) >= 11 is 2.90. The summed E-state index contributed by atoms with van der Waals surface area (Å²) in [5.74, 6) is 1.19. The molecule has 0 amide bonds. The monoisotopic (exact) mass is 307 g/mol. The molecular formula is C9H10BrNO4S. The Balaban J connectivity index is 2.24. The third-order valence-electron chi connectivity index (χ3n) is 1.96. The minimum absolute atomic E-state index is 0.144. The number of benzene rings is 1. The molecule has 0 radical (unpaired) electrons. The van der Waals surface area contributed by atoms with Crippen LogP contribution in [-0.4, -0.2) is 26.3 Å². The summed E-state index contributed by atoms with van der Waals surface area (Å²) in [5, 5.41) is 0. The molecule has 7 heteroatoms. The first-order chi connectivity index (χ1) is 7.61. The lowest BCUT2D eigenvalue weighted by Crippen LogP contribution is -2.16. The molecule has 88 valence electrons. The number of ether oxygens (including phenoxy) is 2. The maximum atomic E-state index is 11.3. The number of fused-ring (bicyclic) bond motifs is 1. The first-order valence-corrected chi connectivity index (χ1v) is 7.34. The van der Waals surface area contributed by atoms with Crippen molar-refractivity contribution < 1.29 is 17.9 Å². The van der Waals surface area contributed by atoms with Crippen LogP contribution in [0.2, 0.25) is 0 Å². The van der Waals surface area contributed by atoms with Gasteiger partial charge in [0.1, 0.15) is 17.9 Å². The Morgan fingerprint density at radius 1 is 1.25 bits per heavy atom. The average molecular weight is 308 g/mol. The van der Waals surface area contributed by atoms with E-state index in [9.17, 15) is 8.42 Å². The molecule has 1 aliphatic rings. The van der Waals surface area contributed by atoms with Crippen LogP contribution >= 0.6 is 15.9 Å². The second kappa shape index (κ2) is 4.50. The Hall–Kier alpha value is -0.950. The van der Waals surface area contributed by atoms with Gasteiger partial charge in [-0.15, -0.1) is 0 Å². The van der Waals surface area contributed by atoms with Crippen molar-refractivity contribution in [1.29, 1.82) is 0 Å². The SMILES string of the molecule is O=S(=O)(CBr)Nc1ccc2c(c1)OCCO2. The van der Waals surface area contributed by atoms with Crippen LogP contribution in [0, 0.1) is 0 Å².